The van der Waals surface area contributed by atoms with Crippen LogP contribution in [-0.2, 0) is 13.0 Å². The summed E-state index contributed by atoms with van der Waals surface area (Å²) < 4.78 is 5.11. The third kappa shape index (κ3) is 3.54. The predicted molar refractivity (Wildman–Crippen MR) is 84.4 cm³/mol. The van der Waals surface area contributed by atoms with Crippen LogP contribution in [0.4, 0.5) is 5.69 Å². The van der Waals surface area contributed by atoms with Crippen molar-refractivity contribution in [1.82, 2.24) is 5.32 Å². The predicted octanol–water partition coefficient (Wildman–Crippen LogP) is 2.77. The van der Waals surface area contributed by atoms with Gasteiger partial charge in [0.25, 0.3) is 5.91 Å². The largest absolute Gasteiger partial charge is 0.495 e. The molecule has 0 aliphatic heterocycles. The van der Waals surface area contributed by atoms with E-state index in [0.717, 1.165) is 23.1 Å². The molecular weight excluding hydrogens is 264 g/mol. The van der Waals surface area contributed by atoms with Gasteiger partial charge in [-0.1, -0.05) is 31.2 Å². The molecule has 2 rings (SSSR count). The van der Waals surface area contributed by atoms with E-state index >= 15 is 0 Å². The summed E-state index contributed by atoms with van der Waals surface area (Å²) in [7, 11) is 1.58. The molecule has 0 bridgehead atoms. The molecule has 0 saturated carbocycles. The fourth-order valence-corrected chi connectivity index (χ4v) is 2.22. The smallest absolute Gasteiger partial charge is 0.251 e. The Kier molecular flexibility index (Phi) is 4.82. The van der Waals surface area contributed by atoms with E-state index in [9.17, 15) is 4.79 Å². The van der Waals surface area contributed by atoms with Crippen LogP contribution in [0.2, 0.25) is 0 Å². The number of amides is 1. The number of methoxy groups -OCH3 is 1. The third-order valence-electron chi connectivity index (χ3n) is 3.39. The standard InChI is InChI=1S/C17H20N2O2/c1-3-13-6-4-5-7-14(13)17(20)19-11-12-8-9-16(21-2)15(18)10-12/h4-10H,3,11,18H2,1-2H3,(H,19,20). The molecule has 0 saturated heterocycles. The summed E-state index contributed by atoms with van der Waals surface area (Å²) in [6, 6.07) is 13.1. The Bertz CT molecular complexity index is 638. The molecule has 2 aromatic carbocycles. The summed E-state index contributed by atoms with van der Waals surface area (Å²) in [5.41, 5.74) is 9.13. The van der Waals surface area contributed by atoms with Crippen LogP contribution in [0, 0.1) is 0 Å². The van der Waals surface area contributed by atoms with Gasteiger partial charge in [0.1, 0.15) is 5.75 Å². The van der Waals surface area contributed by atoms with E-state index in [1.165, 1.54) is 0 Å². The number of anilines is 1. The highest BCUT2D eigenvalue weighted by molar-refractivity contribution is 5.95. The van der Waals surface area contributed by atoms with Crippen molar-refractivity contribution >= 4 is 11.6 Å². The maximum absolute atomic E-state index is 12.2. The van der Waals surface area contributed by atoms with Gasteiger partial charge in [-0.3, -0.25) is 4.79 Å². The van der Waals surface area contributed by atoms with Crippen molar-refractivity contribution in [1.29, 1.82) is 0 Å². The summed E-state index contributed by atoms with van der Waals surface area (Å²) in [5.74, 6) is 0.572. The van der Waals surface area contributed by atoms with E-state index in [2.05, 4.69) is 5.32 Å². The SMILES string of the molecule is CCc1ccccc1C(=O)NCc1ccc(OC)c(N)c1. The van der Waals surface area contributed by atoms with Gasteiger partial charge in [0, 0.05) is 12.1 Å². The molecule has 0 atom stereocenters. The number of nitrogens with one attached hydrogen (secondary N) is 1. The fourth-order valence-electron chi connectivity index (χ4n) is 2.22. The lowest BCUT2D eigenvalue weighted by atomic mass is 10.0. The lowest BCUT2D eigenvalue weighted by Gasteiger charge is -2.10. The van der Waals surface area contributed by atoms with Crippen LogP contribution in [0.3, 0.4) is 0 Å². The van der Waals surface area contributed by atoms with Crippen molar-refractivity contribution in [2.75, 3.05) is 12.8 Å². The van der Waals surface area contributed by atoms with Gasteiger partial charge in [0.05, 0.1) is 12.8 Å². The first-order valence-corrected chi connectivity index (χ1v) is 6.94. The highest BCUT2D eigenvalue weighted by Crippen LogP contribution is 2.21. The monoisotopic (exact) mass is 284 g/mol. The number of ether oxygens (including phenoxy) is 1. The Hall–Kier alpha value is -2.49. The molecule has 3 N–H and O–H groups in total. The number of hydrogen-bond donors (Lipinski definition) is 2. The van der Waals surface area contributed by atoms with Crippen molar-refractivity contribution in [3.8, 4) is 5.75 Å². The van der Waals surface area contributed by atoms with Gasteiger partial charge in [-0.15, -0.1) is 0 Å². The van der Waals surface area contributed by atoms with Crippen LogP contribution in [-0.4, -0.2) is 13.0 Å². The van der Waals surface area contributed by atoms with E-state index < -0.39 is 0 Å². The Balaban J connectivity index is 2.06. The molecule has 21 heavy (non-hydrogen) atoms. The van der Waals surface area contributed by atoms with E-state index in [4.69, 9.17) is 10.5 Å². The van der Waals surface area contributed by atoms with Gasteiger partial charge in [-0.25, -0.2) is 0 Å². The van der Waals surface area contributed by atoms with Crippen molar-refractivity contribution < 1.29 is 9.53 Å². The van der Waals surface area contributed by atoms with Crippen molar-refractivity contribution in [2.24, 2.45) is 0 Å². The lowest BCUT2D eigenvalue weighted by Crippen LogP contribution is -2.24. The van der Waals surface area contributed by atoms with Crippen LogP contribution in [0.15, 0.2) is 42.5 Å². The molecule has 0 radical (unpaired) electrons. The maximum atomic E-state index is 12.2. The van der Waals surface area contributed by atoms with E-state index in [-0.39, 0.29) is 5.91 Å². The molecule has 1 amide bonds. The molecular formula is C17H20N2O2. The number of nitrogen functional groups attached to an aromatic ring is 1. The summed E-state index contributed by atoms with van der Waals surface area (Å²) in [5, 5.41) is 2.92. The number of nitrogens with two attached hydrogens (primary N) is 1. The Morgan fingerprint density at radius 1 is 1.24 bits per heavy atom. The second kappa shape index (κ2) is 6.79. The summed E-state index contributed by atoms with van der Waals surface area (Å²) in [4.78, 5) is 12.2. The molecule has 110 valence electrons. The number of carbonyl (C=O) groups excluding carboxylic acids is 1. The van der Waals surface area contributed by atoms with Crippen LogP contribution < -0.4 is 15.8 Å². The third-order valence-corrected chi connectivity index (χ3v) is 3.39. The van der Waals surface area contributed by atoms with E-state index in [1.807, 2.05) is 43.3 Å². The van der Waals surface area contributed by atoms with Crippen molar-refractivity contribution in [3.05, 3.63) is 59.2 Å². The minimum Gasteiger partial charge on any atom is -0.495 e. The zero-order valence-electron chi connectivity index (χ0n) is 12.3. The molecule has 0 heterocycles. The van der Waals surface area contributed by atoms with Crippen LogP contribution in [0.25, 0.3) is 0 Å². The highest BCUT2D eigenvalue weighted by atomic mass is 16.5. The number of aryl methyl sites for hydroxylation is 1. The van der Waals surface area contributed by atoms with Gasteiger partial charge in [0.15, 0.2) is 0 Å². The normalized spacial score (nSPS) is 10.2. The Morgan fingerprint density at radius 2 is 2.00 bits per heavy atom. The first kappa shape index (κ1) is 14.9. The molecule has 0 unspecified atom stereocenters. The second-order valence-corrected chi connectivity index (χ2v) is 4.77. The van der Waals surface area contributed by atoms with Gasteiger partial charge in [-0.2, -0.15) is 0 Å². The fraction of sp³-hybridized carbons (Fsp3) is 0.235. The van der Waals surface area contributed by atoms with Gasteiger partial charge in [0.2, 0.25) is 0 Å². The van der Waals surface area contributed by atoms with Crippen molar-refractivity contribution in [3.63, 3.8) is 0 Å². The van der Waals surface area contributed by atoms with Crippen LogP contribution in [0.5, 0.6) is 5.75 Å². The number of rotatable bonds is 5. The molecule has 2 aromatic rings. The zero-order valence-corrected chi connectivity index (χ0v) is 12.3. The van der Waals surface area contributed by atoms with Gasteiger partial charge in [-0.05, 0) is 35.7 Å². The first-order chi connectivity index (χ1) is 10.2. The van der Waals surface area contributed by atoms with E-state index in [0.29, 0.717) is 18.0 Å². The average Bonchev–Trinajstić information content (AvgIpc) is 2.52. The molecule has 0 spiro atoms. The quantitative estimate of drug-likeness (QED) is 0.830. The zero-order chi connectivity index (χ0) is 15.2. The second-order valence-electron chi connectivity index (χ2n) is 4.77. The maximum Gasteiger partial charge on any atom is 0.251 e. The molecule has 4 heteroatoms. The topological polar surface area (TPSA) is 64.3 Å². The summed E-state index contributed by atoms with van der Waals surface area (Å²) >= 11 is 0. The van der Waals surface area contributed by atoms with Crippen molar-refractivity contribution in [2.45, 2.75) is 19.9 Å². The molecule has 0 aliphatic rings. The Morgan fingerprint density at radius 3 is 2.67 bits per heavy atom. The molecule has 0 aliphatic carbocycles. The van der Waals surface area contributed by atoms with Crippen LogP contribution >= 0.6 is 0 Å². The van der Waals surface area contributed by atoms with E-state index in [1.54, 1.807) is 13.2 Å². The number of benzene rings is 2. The molecule has 0 aromatic heterocycles. The average molecular weight is 284 g/mol. The minimum absolute atomic E-state index is 0.0677. The number of hydrogen-bond acceptors (Lipinski definition) is 3. The van der Waals surface area contributed by atoms with Gasteiger partial charge >= 0.3 is 0 Å². The van der Waals surface area contributed by atoms with Gasteiger partial charge < -0.3 is 15.8 Å². The molecule has 4 nitrogen and oxygen atoms in total. The van der Waals surface area contributed by atoms with Crippen LogP contribution in [0.1, 0.15) is 28.4 Å². The minimum atomic E-state index is -0.0677. The molecule has 0 fully saturated rings. The number of carbonyl (C=O) groups is 1. The summed E-state index contributed by atoms with van der Waals surface area (Å²) in [6.45, 7) is 2.47. The first-order valence-electron chi connectivity index (χ1n) is 6.94. The summed E-state index contributed by atoms with van der Waals surface area (Å²) in [6.07, 6.45) is 0.832. The lowest BCUT2D eigenvalue weighted by molar-refractivity contribution is 0.0950. The Labute approximate surface area is 124 Å². The highest BCUT2D eigenvalue weighted by Gasteiger charge is 2.09.